The number of rotatable bonds is 6. The van der Waals surface area contributed by atoms with Crippen LogP contribution >= 0.6 is 0 Å². The summed E-state index contributed by atoms with van der Waals surface area (Å²) < 4.78 is 28.5. The van der Waals surface area contributed by atoms with Crippen LogP contribution in [0.4, 0.5) is 0 Å². The Kier molecular flexibility index (Phi) is 4.56. The maximum atomic E-state index is 12.3. The Hall–Kier alpha value is -1.99. The lowest BCUT2D eigenvalue weighted by Crippen LogP contribution is -2.32. The maximum absolute atomic E-state index is 12.3. The molecule has 1 aliphatic rings. The van der Waals surface area contributed by atoms with E-state index in [-0.39, 0.29) is 23.5 Å². The zero-order chi connectivity index (χ0) is 17.3. The molecule has 1 N–H and O–H groups in total. The molecule has 0 unspecified atom stereocenters. The first-order valence-corrected chi connectivity index (χ1v) is 9.50. The van der Waals surface area contributed by atoms with Crippen molar-refractivity contribution in [2.75, 3.05) is 6.54 Å². The molecule has 0 bridgehead atoms. The smallest absolute Gasteiger partial charge is 0.266 e. The third-order valence-corrected chi connectivity index (χ3v) is 5.75. The monoisotopic (exact) mass is 347 g/mol. The van der Waals surface area contributed by atoms with Crippen LogP contribution in [-0.4, -0.2) is 24.7 Å². The van der Waals surface area contributed by atoms with Crippen LogP contribution in [0, 0.1) is 13.8 Å². The van der Waals surface area contributed by atoms with E-state index in [1.54, 1.807) is 24.3 Å². The van der Waals surface area contributed by atoms with Gasteiger partial charge in [0.2, 0.25) is 10.0 Å². The molecular formula is C17H21N3O3S. The first-order chi connectivity index (χ1) is 11.4. The van der Waals surface area contributed by atoms with Crippen molar-refractivity contribution in [3.05, 3.63) is 57.5 Å². The molecule has 2 aromatic rings. The molecule has 0 aliphatic heterocycles. The van der Waals surface area contributed by atoms with Crippen LogP contribution in [0.2, 0.25) is 0 Å². The fourth-order valence-electron chi connectivity index (χ4n) is 2.47. The van der Waals surface area contributed by atoms with Gasteiger partial charge in [-0.1, -0.05) is 6.07 Å². The van der Waals surface area contributed by atoms with Crippen LogP contribution < -0.4 is 10.3 Å². The third kappa shape index (κ3) is 3.73. The lowest BCUT2D eigenvalue weighted by molar-refractivity contribution is 0.540. The summed E-state index contributed by atoms with van der Waals surface area (Å²) in [5, 5.41) is 4.32. The number of nitrogens with zero attached hydrogens (tertiary/aromatic N) is 2. The lowest BCUT2D eigenvalue weighted by Gasteiger charge is -2.10. The minimum Gasteiger partial charge on any atom is -0.268 e. The first kappa shape index (κ1) is 16.9. The molecule has 7 heteroatoms. The minimum atomic E-state index is -3.59. The van der Waals surface area contributed by atoms with E-state index in [0.717, 1.165) is 29.7 Å². The lowest BCUT2D eigenvalue weighted by atomic mass is 10.1. The maximum Gasteiger partial charge on any atom is 0.266 e. The molecule has 24 heavy (non-hydrogen) atoms. The standard InChI is InChI=1S/C17H21N3O3S/c1-12-3-6-15(11-13(12)2)24(22,23)18-9-10-20-17(21)8-7-16(19-20)14-4-5-14/h3,6-8,11,14,18H,4-5,9-10H2,1-2H3. The second-order valence-corrected chi connectivity index (χ2v) is 8.00. The number of sulfonamides is 1. The molecule has 1 saturated carbocycles. The summed E-state index contributed by atoms with van der Waals surface area (Å²) in [6, 6.07) is 8.28. The summed E-state index contributed by atoms with van der Waals surface area (Å²) in [6.45, 7) is 4.14. The Morgan fingerprint density at radius 2 is 1.92 bits per heavy atom. The highest BCUT2D eigenvalue weighted by molar-refractivity contribution is 7.89. The van der Waals surface area contributed by atoms with Gasteiger partial charge in [-0.3, -0.25) is 4.79 Å². The summed E-state index contributed by atoms with van der Waals surface area (Å²) >= 11 is 0. The van der Waals surface area contributed by atoms with Gasteiger partial charge in [0.05, 0.1) is 17.1 Å². The largest absolute Gasteiger partial charge is 0.268 e. The van der Waals surface area contributed by atoms with Gasteiger partial charge in [-0.25, -0.2) is 17.8 Å². The van der Waals surface area contributed by atoms with Crippen molar-refractivity contribution in [3.8, 4) is 0 Å². The molecular weight excluding hydrogens is 326 g/mol. The van der Waals surface area contributed by atoms with E-state index < -0.39 is 10.0 Å². The Bertz CT molecular complexity index is 915. The zero-order valence-electron chi connectivity index (χ0n) is 13.8. The van der Waals surface area contributed by atoms with Crippen LogP contribution in [0.25, 0.3) is 0 Å². The van der Waals surface area contributed by atoms with Gasteiger partial charge < -0.3 is 0 Å². The molecule has 0 radical (unpaired) electrons. The van der Waals surface area contributed by atoms with E-state index in [9.17, 15) is 13.2 Å². The van der Waals surface area contributed by atoms with Crippen molar-refractivity contribution in [1.82, 2.24) is 14.5 Å². The van der Waals surface area contributed by atoms with E-state index >= 15 is 0 Å². The zero-order valence-corrected chi connectivity index (χ0v) is 14.6. The molecule has 1 aromatic heterocycles. The van der Waals surface area contributed by atoms with Crippen molar-refractivity contribution in [1.29, 1.82) is 0 Å². The summed E-state index contributed by atoms with van der Waals surface area (Å²) in [6.07, 6.45) is 2.20. The molecule has 6 nitrogen and oxygen atoms in total. The fraction of sp³-hybridized carbons (Fsp3) is 0.412. The van der Waals surface area contributed by atoms with Gasteiger partial charge in [-0.05, 0) is 56.0 Å². The van der Waals surface area contributed by atoms with E-state index in [2.05, 4.69) is 9.82 Å². The molecule has 1 heterocycles. The number of aryl methyl sites for hydroxylation is 2. The highest BCUT2D eigenvalue weighted by Gasteiger charge is 2.25. The summed E-state index contributed by atoms with van der Waals surface area (Å²) in [4.78, 5) is 12.1. The summed E-state index contributed by atoms with van der Waals surface area (Å²) in [7, 11) is -3.59. The van der Waals surface area contributed by atoms with E-state index in [0.29, 0.717) is 5.92 Å². The van der Waals surface area contributed by atoms with Gasteiger partial charge in [0, 0.05) is 18.5 Å². The Balaban J connectivity index is 1.68. The quantitative estimate of drug-likeness (QED) is 0.863. The molecule has 1 aromatic carbocycles. The molecule has 1 aliphatic carbocycles. The number of benzene rings is 1. The van der Waals surface area contributed by atoms with Gasteiger partial charge in [0.25, 0.3) is 5.56 Å². The topological polar surface area (TPSA) is 81.1 Å². The van der Waals surface area contributed by atoms with E-state index in [1.165, 1.54) is 10.7 Å². The van der Waals surface area contributed by atoms with Crippen LogP contribution in [0.15, 0.2) is 40.0 Å². The Morgan fingerprint density at radius 1 is 1.17 bits per heavy atom. The fourth-order valence-corrected chi connectivity index (χ4v) is 3.58. The van der Waals surface area contributed by atoms with Crippen LogP contribution in [0.5, 0.6) is 0 Å². The number of nitrogens with one attached hydrogen (secondary N) is 1. The first-order valence-electron chi connectivity index (χ1n) is 8.02. The SMILES string of the molecule is Cc1ccc(S(=O)(=O)NCCn2nc(C3CC3)ccc2=O)cc1C. The molecule has 1 fully saturated rings. The highest BCUT2D eigenvalue weighted by atomic mass is 32.2. The second-order valence-electron chi connectivity index (χ2n) is 6.24. The molecule has 0 amide bonds. The molecule has 0 saturated heterocycles. The van der Waals surface area contributed by atoms with Gasteiger partial charge in [0.15, 0.2) is 0 Å². The minimum absolute atomic E-state index is 0.121. The third-order valence-electron chi connectivity index (χ3n) is 4.29. The van der Waals surface area contributed by atoms with Gasteiger partial charge in [-0.2, -0.15) is 5.10 Å². The van der Waals surface area contributed by atoms with E-state index in [1.807, 2.05) is 13.8 Å². The average molecular weight is 347 g/mol. The Labute approximate surface area is 141 Å². The van der Waals surface area contributed by atoms with Crippen molar-refractivity contribution >= 4 is 10.0 Å². The summed E-state index contributed by atoms with van der Waals surface area (Å²) in [5.74, 6) is 0.448. The van der Waals surface area contributed by atoms with Crippen molar-refractivity contribution in [3.63, 3.8) is 0 Å². The van der Waals surface area contributed by atoms with Gasteiger partial charge in [-0.15, -0.1) is 0 Å². The molecule has 128 valence electrons. The molecule has 0 spiro atoms. The molecule has 0 atom stereocenters. The molecule has 3 rings (SSSR count). The number of hydrogen-bond acceptors (Lipinski definition) is 4. The van der Waals surface area contributed by atoms with Crippen LogP contribution in [0.1, 0.15) is 35.6 Å². The van der Waals surface area contributed by atoms with Crippen molar-refractivity contribution in [2.24, 2.45) is 0 Å². The van der Waals surface area contributed by atoms with Crippen molar-refractivity contribution < 1.29 is 8.42 Å². The predicted octanol–water partition coefficient (Wildman–Crippen LogP) is 1.72. The Morgan fingerprint density at radius 3 is 2.58 bits per heavy atom. The van der Waals surface area contributed by atoms with Crippen molar-refractivity contribution in [2.45, 2.75) is 44.0 Å². The summed E-state index contributed by atoms with van der Waals surface area (Å²) in [5.41, 5.74) is 2.66. The predicted molar refractivity (Wildman–Crippen MR) is 91.6 cm³/mol. The van der Waals surface area contributed by atoms with Gasteiger partial charge >= 0.3 is 0 Å². The van der Waals surface area contributed by atoms with Crippen LogP contribution in [-0.2, 0) is 16.6 Å². The number of hydrogen-bond donors (Lipinski definition) is 1. The number of aromatic nitrogens is 2. The van der Waals surface area contributed by atoms with E-state index in [4.69, 9.17) is 0 Å². The average Bonchev–Trinajstić information content (AvgIpc) is 3.36. The second kappa shape index (κ2) is 6.49. The highest BCUT2D eigenvalue weighted by Crippen LogP contribution is 2.38. The normalized spacial score (nSPS) is 14.8. The van der Waals surface area contributed by atoms with Gasteiger partial charge in [0.1, 0.15) is 0 Å². The van der Waals surface area contributed by atoms with Crippen LogP contribution in [0.3, 0.4) is 0 Å².